The summed E-state index contributed by atoms with van der Waals surface area (Å²) in [5.41, 5.74) is 3.10. The van der Waals surface area contributed by atoms with Gasteiger partial charge in [-0.05, 0) is 36.9 Å². The van der Waals surface area contributed by atoms with E-state index in [0.29, 0.717) is 6.04 Å². The van der Waals surface area contributed by atoms with Crippen LogP contribution in [0.15, 0.2) is 24.3 Å². The molecule has 0 amide bonds. The van der Waals surface area contributed by atoms with E-state index in [9.17, 15) is 0 Å². The van der Waals surface area contributed by atoms with E-state index in [1.54, 1.807) is 11.1 Å². The molecule has 0 fully saturated rings. The maximum Gasteiger partial charge on any atom is 0.0108 e. The third kappa shape index (κ3) is 2.82. The summed E-state index contributed by atoms with van der Waals surface area (Å²) in [5, 5.41) is 3.66. The fourth-order valence-corrected chi connectivity index (χ4v) is 2.40. The Hall–Kier alpha value is -0.820. The molecule has 0 aliphatic carbocycles. The van der Waals surface area contributed by atoms with Gasteiger partial charge < -0.3 is 5.32 Å². The molecular weight excluding hydrogens is 182 g/mol. The summed E-state index contributed by atoms with van der Waals surface area (Å²) in [7, 11) is 0. The van der Waals surface area contributed by atoms with E-state index in [4.69, 9.17) is 0 Å². The van der Waals surface area contributed by atoms with Gasteiger partial charge in [0.1, 0.15) is 0 Å². The first-order chi connectivity index (χ1) is 7.40. The number of hydrogen-bond donors (Lipinski definition) is 1. The Morgan fingerprint density at radius 1 is 1.27 bits per heavy atom. The van der Waals surface area contributed by atoms with Crippen LogP contribution < -0.4 is 5.32 Å². The van der Waals surface area contributed by atoms with Crippen molar-refractivity contribution < 1.29 is 0 Å². The summed E-state index contributed by atoms with van der Waals surface area (Å²) in [4.78, 5) is 0. The fourth-order valence-electron chi connectivity index (χ4n) is 2.40. The van der Waals surface area contributed by atoms with Crippen LogP contribution in [-0.4, -0.2) is 12.6 Å². The summed E-state index contributed by atoms with van der Waals surface area (Å²) in [6, 6.07) is 9.60. The Kier molecular flexibility index (Phi) is 3.79. The smallest absolute Gasteiger partial charge is 0.0108 e. The molecule has 1 N–H and O–H groups in total. The van der Waals surface area contributed by atoms with Crippen LogP contribution in [-0.2, 0) is 12.8 Å². The maximum atomic E-state index is 3.66. The molecular formula is C14H21N. The minimum atomic E-state index is 0.702. The van der Waals surface area contributed by atoms with E-state index in [1.165, 1.54) is 32.1 Å². The number of hydrogen-bond acceptors (Lipinski definition) is 1. The average molecular weight is 203 g/mol. The van der Waals surface area contributed by atoms with Crippen LogP contribution in [0, 0.1) is 0 Å². The quantitative estimate of drug-likeness (QED) is 0.796. The lowest BCUT2D eigenvalue weighted by Crippen LogP contribution is -2.30. The van der Waals surface area contributed by atoms with E-state index in [0.717, 1.165) is 6.54 Å². The minimum absolute atomic E-state index is 0.702. The van der Waals surface area contributed by atoms with E-state index < -0.39 is 0 Å². The number of benzene rings is 1. The third-order valence-electron chi connectivity index (χ3n) is 3.32. The van der Waals surface area contributed by atoms with E-state index in [-0.39, 0.29) is 0 Å². The summed E-state index contributed by atoms with van der Waals surface area (Å²) >= 11 is 0. The molecule has 1 aliphatic rings. The number of fused-ring (bicyclic) bond motifs is 1. The molecule has 1 aromatic carbocycles. The largest absolute Gasteiger partial charge is 0.313 e. The molecule has 1 aromatic rings. The van der Waals surface area contributed by atoms with Gasteiger partial charge in [0.05, 0.1) is 0 Å². The van der Waals surface area contributed by atoms with Crippen molar-refractivity contribution in [2.45, 2.75) is 45.1 Å². The third-order valence-corrected chi connectivity index (χ3v) is 3.32. The molecule has 0 saturated heterocycles. The van der Waals surface area contributed by atoms with Crippen molar-refractivity contribution in [3.05, 3.63) is 35.4 Å². The normalized spacial score (nSPS) is 20.7. The van der Waals surface area contributed by atoms with Crippen LogP contribution in [0.2, 0.25) is 0 Å². The Labute approximate surface area is 92.9 Å². The summed E-state index contributed by atoms with van der Waals surface area (Å²) in [5.74, 6) is 0. The van der Waals surface area contributed by atoms with Gasteiger partial charge in [-0.15, -0.1) is 0 Å². The first-order valence-electron chi connectivity index (χ1n) is 6.20. The standard InChI is InChI=1S/C14H21N/c1-2-3-8-14-11-13-7-5-4-6-12(13)9-10-15-14/h4-7,14-15H,2-3,8-11H2,1H3/t14-/m0/s1. The Morgan fingerprint density at radius 3 is 2.87 bits per heavy atom. The maximum absolute atomic E-state index is 3.66. The van der Waals surface area contributed by atoms with Crippen molar-refractivity contribution >= 4 is 0 Å². The first-order valence-corrected chi connectivity index (χ1v) is 6.20. The Balaban J connectivity index is 2.04. The highest BCUT2D eigenvalue weighted by Gasteiger charge is 2.14. The van der Waals surface area contributed by atoms with Gasteiger partial charge in [-0.1, -0.05) is 44.0 Å². The van der Waals surface area contributed by atoms with Crippen LogP contribution in [0.5, 0.6) is 0 Å². The summed E-state index contributed by atoms with van der Waals surface area (Å²) < 4.78 is 0. The van der Waals surface area contributed by atoms with Gasteiger partial charge in [0, 0.05) is 6.04 Å². The lowest BCUT2D eigenvalue weighted by atomic mass is 9.98. The monoisotopic (exact) mass is 203 g/mol. The number of unbranched alkanes of at least 4 members (excludes halogenated alkanes) is 1. The van der Waals surface area contributed by atoms with Crippen LogP contribution >= 0.6 is 0 Å². The van der Waals surface area contributed by atoms with Crippen molar-refractivity contribution in [2.24, 2.45) is 0 Å². The zero-order valence-corrected chi connectivity index (χ0v) is 9.63. The molecule has 0 bridgehead atoms. The highest BCUT2D eigenvalue weighted by atomic mass is 14.9. The fraction of sp³-hybridized carbons (Fsp3) is 0.571. The van der Waals surface area contributed by atoms with Crippen LogP contribution in [0.25, 0.3) is 0 Å². The highest BCUT2D eigenvalue weighted by Crippen LogP contribution is 2.17. The Morgan fingerprint density at radius 2 is 2.07 bits per heavy atom. The second-order valence-corrected chi connectivity index (χ2v) is 4.52. The number of nitrogens with one attached hydrogen (secondary N) is 1. The highest BCUT2D eigenvalue weighted by molar-refractivity contribution is 5.29. The van der Waals surface area contributed by atoms with Crippen LogP contribution in [0.1, 0.15) is 37.3 Å². The van der Waals surface area contributed by atoms with Crippen molar-refractivity contribution in [2.75, 3.05) is 6.54 Å². The second kappa shape index (κ2) is 5.32. The molecule has 1 heteroatoms. The zero-order valence-electron chi connectivity index (χ0n) is 9.63. The molecule has 2 rings (SSSR count). The van der Waals surface area contributed by atoms with Gasteiger partial charge in [0.25, 0.3) is 0 Å². The SMILES string of the molecule is CCCC[C@H]1Cc2ccccc2CCN1. The predicted molar refractivity (Wildman–Crippen MR) is 65.2 cm³/mol. The van der Waals surface area contributed by atoms with Gasteiger partial charge in [-0.3, -0.25) is 0 Å². The van der Waals surface area contributed by atoms with Crippen molar-refractivity contribution in [1.29, 1.82) is 0 Å². The first kappa shape index (κ1) is 10.7. The van der Waals surface area contributed by atoms with Gasteiger partial charge in [0.2, 0.25) is 0 Å². The van der Waals surface area contributed by atoms with Crippen LogP contribution in [0.4, 0.5) is 0 Å². The molecule has 0 saturated carbocycles. The number of rotatable bonds is 3. The van der Waals surface area contributed by atoms with Gasteiger partial charge in [-0.25, -0.2) is 0 Å². The predicted octanol–water partition coefficient (Wildman–Crippen LogP) is 2.93. The lowest BCUT2D eigenvalue weighted by Gasteiger charge is -2.15. The van der Waals surface area contributed by atoms with Gasteiger partial charge in [0.15, 0.2) is 0 Å². The van der Waals surface area contributed by atoms with E-state index >= 15 is 0 Å². The molecule has 1 heterocycles. The Bertz CT molecular complexity index is 304. The summed E-state index contributed by atoms with van der Waals surface area (Å²) in [6.45, 7) is 3.41. The zero-order chi connectivity index (χ0) is 10.5. The van der Waals surface area contributed by atoms with E-state index in [2.05, 4.69) is 36.5 Å². The molecule has 1 nitrogen and oxygen atoms in total. The minimum Gasteiger partial charge on any atom is -0.313 e. The van der Waals surface area contributed by atoms with Crippen LogP contribution in [0.3, 0.4) is 0 Å². The summed E-state index contributed by atoms with van der Waals surface area (Å²) in [6.07, 6.45) is 6.39. The molecule has 82 valence electrons. The van der Waals surface area contributed by atoms with Gasteiger partial charge in [-0.2, -0.15) is 0 Å². The molecule has 1 atom stereocenters. The van der Waals surface area contributed by atoms with E-state index in [1.807, 2.05) is 0 Å². The average Bonchev–Trinajstić information content (AvgIpc) is 2.47. The molecule has 0 spiro atoms. The molecule has 1 aliphatic heterocycles. The van der Waals surface area contributed by atoms with Gasteiger partial charge >= 0.3 is 0 Å². The topological polar surface area (TPSA) is 12.0 Å². The molecule has 15 heavy (non-hydrogen) atoms. The second-order valence-electron chi connectivity index (χ2n) is 4.52. The van der Waals surface area contributed by atoms with Crippen molar-refractivity contribution in [3.63, 3.8) is 0 Å². The molecule has 0 unspecified atom stereocenters. The molecule has 0 aromatic heterocycles. The van der Waals surface area contributed by atoms with Crippen molar-refractivity contribution in [3.8, 4) is 0 Å². The van der Waals surface area contributed by atoms with Crippen molar-refractivity contribution in [1.82, 2.24) is 5.32 Å². The lowest BCUT2D eigenvalue weighted by molar-refractivity contribution is 0.476. The molecule has 0 radical (unpaired) electrons.